The van der Waals surface area contributed by atoms with Gasteiger partial charge in [0, 0.05) is 48.3 Å². The fourth-order valence-corrected chi connectivity index (χ4v) is 3.59. The number of halogens is 2. The maximum atomic E-state index is 6.41. The van der Waals surface area contributed by atoms with Crippen LogP contribution in [0, 0.1) is 0 Å². The van der Waals surface area contributed by atoms with Crippen LogP contribution < -0.4 is 5.32 Å². The van der Waals surface area contributed by atoms with Crippen molar-refractivity contribution in [3.63, 3.8) is 0 Å². The molecule has 0 amide bonds. The van der Waals surface area contributed by atoms with Crippen molar-refractivity contribution in [3.05, 3.63) is 33.3 Å². The quantitative estimate of drug-likeness (QED) is 0.823. The number of rotatable bonds is 6. The van der Waals surface area contributed by atoms with Crippen molar-refractivity contribution in [2.45, 2.75) is 19.4 Å². The van der Waals surface area contributed by atoms with E-state index in [2.05, 4.69) is 57.2 Å². The zero-order valence-electron chi connectivity index (χ0n) is 12.9. The molecule has 1 heterocycles. The van der Waals surface area contributed by atoms with Gasteiger partial charge in [0.05, 0.1) is 0 Å². The molecule has 21 heavy (non-hydrogen) atoms. The topological polar surface area (TPSA) is 18.5 Å². The Kier molecular flexibility index (Phi) is 6.96. The number of nitrogens with one attached hydrogen (secondary N) is 1. The van der Waals surface area contributed by atoms with Crippen molar-refractivity contribution in [1.82, 2.24) is 15.1 Å². The van der Waals surface area contributed by atoms with Gasteiger partial charge in [0.15, 0.2) is 0 Å². The molecule has 0 radical (unpaired) electrons. The summed E-state index contributed by atoms with van der Waals surface area (Å²) in [5.74, 6) is 0. The highest BCUT2D eigenvalue weighted by Crippen LogP contribution is 2.28. The van der Waals surface area contributed by atoms with Gasteiger partial charge in [0.25, 0.3) is 0 Å². The van der Waals surface area contributed by atoms with E-state index in [9.17, 15) is 0 Å². The summed E-state index contributed by atoms with van der Waals surface area (Å²) in [5, 5.41) is 4.41. The summed E-state index contributed by atoms with van der Waals surface area (Å²) in [6.07, 6.45) is 1.10. The van der Waals surface area contributed by atoms with E-state index in [1.165, 1.54) is 31.7 Å². The Labute approximate surface area is 141 Å². The maximum Gasteiger partial charge on any atom is 0.0465 e. The minimum atomic E-state index is 0.329. The van der Waals surface area contributed by atoms with Crippen LogP contribution in [-0.4, -0.2) is 56.1 Å². The third-order valence-corrected chi connectivity index (χ3v) is 4.94. The number of piperazine rings is 1. The second-order valence-corrected chi connectivity index (χ2v) is 7.03. The normalized spacial score (nSPS) is 18.9. The smallest absolute Gasteiger partial charge is 0.0465 e. The predicted molar refractivity (Wildman–Crippen MR) is 94.1 cm³/mol. The summed E-state index contributed by atoms with van der Waals surface area (Å²) >= 11 is 9.88. The van der Waals surface area contributed by atoms with Crippen LogP contribution in [0.5, 0.6) is 0 Å². The summed E-state index contributed by atoms with van der Waals surface area (Å²) in [5.41, 5.74) is 1.20. The molecule has 1 aromatic carbocycles. The average Bonchev–Trinajstić information content (AvgIpc) is 2.46. The lowest BCUT2D eigenvalue weighted by atomic mass is 10.0. The molecule has 1 unspecified atom stereocenters. The number of hydrogen-bond acceptors (Lipinski definition) is 3. The SMILES string of the molecule is CCNC(CCN1CCN(C)CC1)c1ccc(Br)cc1Cl. The lowest BCUT2D eigenvalue weighted by molar-refractivity contribution is 0.149. The first-order valence-electron chi connectivity index (χ1n) is 7.69. The first kappa shape index (κ1) is 17.2. The highest BCUT2D eigenvalue weighted by atomic mass is 79.9. The van der Waals surface area contributed by atoms with Crippen LogP contribution >= 0.6 is 27.5 Å². The number of hydrogen-bond donors (Lipinski definition) is 1. The number of nitrogens with zero attached hydrogens (tertiary/aromatic N) is 2. The number of likely N-dealkylation sites (N-methyl/N-ethyl adjacent to an activating group) is 1. The number of benzene rings is 1. The first-order valence-corrected chi connectivity index (χ1v) is 8.86. The van der Waals surface area contributed by atoms with Crippen LogP contribution in [0.15, 0.2) is 22.7 Å². The molecule has 1 saturated heterocycles. The average molecular weight is 375 g/mol. The van der Waals surface area contributed by atoms with Crippen molar-refractivity contribution in [1.29, 1.82) is 0 Å². The molecule has 0 spiro atoms. The Hall–Kier alpha value is -0.130. The molecule has 3 nitrogen and oxygen atoms in total. The highest BCUT2D eigenvalue weighted by Gasteiger charge is 2.18. The van der Waals surface area contributed by atoms with Crippen LogP contribution in [0.2, 0.25) is 5.02 Å². The van der Waals surface area contributed by atoms with E-state index in [0.717, 1.165) is 29.0 Å². The summed E-state index contributed by atoms with van der Waals surface area (Å²) in [4.78, 5) is 4.95. The van der Waals surface area contributed by atoms with Crippen LogP contribution in [-0.2, 0) is 0 Å². The van der Waals surface area contributed by atoms with Crippen LogP contribution in [0.4, 0.5) is 0 Å². The van der Waals surface area contributed by atoms with Gasteiger partial charge < -0.3 is 15.1 Å². The van der Waals surface area contributed by atoms with E-state index in [-0.39, 0.29) is 0 Å². The van der Waals surface area contributed by atoms with Crippen molar-refractivity contribution in [2.24, 2.45) is 0 Å². The molecular weight excluding hydrogens is 350 g/mol. The molecule has 0 aliphatic carbocycles. The zero-order chi connectivity index (χ0) is 15.2. The Morgan fingerprint density at radius 2 is 2.00 bits per heavy atom. The largest absolute Gasteiger partial charge is 0.310 e. The fraction of sp³-hybridized carbons (Fsp3) is 0.625. The Bertz CT molecular complexity index is 447. The van der Waals surface area contributed by atoms with E-state index < -0.39 is 0 Å². The first-order chi connectivity index (χ1) is 10.1. The molecule has 1 aromatic rings. The monoisotopic (exact) mass is 373 g/mol. The van der Waals surface area contributed by atoms with E-state index in [1.807, 2.05) is 6.07 Å². The second-order valence-electron chi connectivity index (χ2n) is 5.71. The molecule has 1 aliphatic heterocycles. The van der Waals surface area contributed by atoms with E-state index >= 15 is 0 Å². The lowest BCUT2D eigenvalue weighted by Crippen LogP contribution is -2.45. The van der Waals surface area contributed by atoms with Gasteiger partial charge in [-0.05, 0) is 37.7 Å². The van der Waals surface area contributed by atoms with Crippen LogP contribution in [0.25, 0.3) is 0 Å². The fourth-order valence-electron chi connectivity index (χ4n) is 2.78. The highest BCUT2D eigenvalue weighted by molar-refractivity contribution is 9.10. The second kappa shape index (κ2) is 8.49. The van der Waals surface area contributed by atoms with E-state index in [4.69, 9.17) is 11.6 Å². The minimum Gasteiger partial charge on any atom is -0.310 e. The zero-order valence-corrected chi connectivity index (χ0v) is 15.3. The third-order valence-electron chi connectivity index (χ3n) is 4.12. The Morgan fingerprint density at radius 3 is 2.62 bits per heavy atom. The third kappa shape index (κ3) is 5.22. The molecule has 0 saturated carbocycles. The molecule has 5 heteroatoms. The summed E-state index contributed by atoms with van der Waals surface area (Å²) in [7, 11) is 2.19. The van der Waals surface area contributed by atoms with Gasteiger partial charge in [0.2, 0.25) is 0 Å². The standard InChI is InChI=1S/C16H25BrClN3/c1-3-19-16(14-5-4-13(17)12-15(14)18)6-7-21-10-8-20(2)9-11-21/h4-5,12,16,19H,3,6-11H2,1-2H3. The molecule has 2 rings (SSSR count). The molecule has 118 valence electrons. The Morgan fingerprint density at radius 1 is 1.29 bits per heavy atom. The van der Waals surface area contributed by atoms with Gasteiger partial charge in [-0.2, -0.15) is 0 Å². The Balaban J connectivity index is 1.95. The van der Waals surface area contributed by atoms with Gasteiger partial charge in [-0.3, -0.25) is 0 Å². The van der Waals surface area contributed by atoms with Crippen LogP contribution in [0.3, 0.4) is 0 Å². The van der Waals surface area contributed by atoms with Gasteiger partial charge in [-0.25, -0.2) is 0 Å². The van der Waals surface area contributed by atoms with Gasteiger partial charge in [-0.1, -0.05) is 40.5 Å². The van der Waals surface area contributed by atoms with Crippen molar-refractivity contribution < 1.29 is 0 Å². The summed E-state index contributed by atoms with van der Waals surface area (Å²) < 4.78 is 1.03. The maximum absolute atomic E-state index is 6.41. The minimum absolute atomic E-state index is 0.329. The van der Waals surface area contributed by atoms with Crippen molar-refractivity contribution >= 4 is 27.5 Å². The van der Waals surface area contributed by atoms with Crippen LogP contribution in [0.1, 0.15) is 24.9 Å². The molecule has 1 N–H and O–H groups in total. The van der Waals surface area contributed by atoms with Crippen molar-refractivity contribution in [2.75, 3.05) is 46.3 Å². The molecular formula is C16H25BrClN3. The van der Waals surface area contributed by atoms with Crippen molar-refractivity contribution in [3.8, 4) is 0 Å². The molecule has 1 fully saturated rings. The van der Waals surface area contributed by atoms with Gasteiger partial charge >= 0.3 is 0 Å². The lowest BCUT2D eigenvalue weighted by Gasteiger charge is -2.33. The molecule has 1 aliphatic rings. The molecule has 0 aromatic heterocycles. The molecule has 0 bridgehead atoms. The van der Waals surface area contributed by atoms with Gasteiger partial charge in [-0.15, -0.1) is 0 Å². The van der Waals surface area contributed by atoms with E-state index in [0.29, 0.717) is 6.04 Å². The molecule has 1 atom stereocenters. The predicted octanol–water partition coefficient (Wildman–Crippen LogP) is 3.39. The van der Waals surface area contributed by atoms with Gasteiger partial charge in [0.1, 0.15) is 0 Å². The van der Waals surface area contributed by atoms with E-state index in [1.54, 1.807) is 0 Å². The summed E-state index contributed by atoms with van der Waals surface area (Å²) in [6.45, 7) is 8.91. The summed E-state index contributed by atoms with van der Waals surface area (Å²) in [6, 6.07) is 6.51.